The Balaban J connectivity index is 2.36. The van der Waals surface area contributed by atoms with Crippen molar-refractivity contribution in [3.05, 3.63) is 0 Å². The number of rotatable bonds is 5. The minimum absolute atomic E-state index is 0.0288. The summed E-state index contributed by atoms with van der Waals surface area (Å²) >= 11 is 5.11. The molecule has 0 bridgehead atoms. The van der Waals surface area contributed by atoms with Crippen molar-refractivity contribution in [1.29, 1.82) is 0 Å². The number of hydrogen-bond donors (Lipinski definition) is 2. The maximum atomic E-state index is 11.8. The molecule has 1 fully saturated rings. The van der Waals surface area contributed by atoms with Crippen LogP contribution in [0.1, 0.15) is 40.0 Å². The first-order chi connectivity index (χ1) is 8.37. The molecule has 1 aliphatic rings. The number of hydrogen-bond acceptors (Lipinski definition) is 3. The summed E-state index contributed by atoms with van der Waals surface area (Å²) in [5.74, 6) is 0.114. The van der Waals surface area contributed by atoms with E-state index in [0.717, 1.165) is 32.4 Å². The lowest BCUT2D eigenvalue weighted by Crippen LogP contribution is -2.48. The SMILES string of the molecule is CCC(C)NC(=O)CN1CCC(C)(C(N)=S)CC1. The second-order valence-corrected chi connectivity index (χ2v) is 6.02. The molecule has 1 unspecified atom stereocenters. The summed E-state index contributed by atoms with van der Waals surface area (Å²) in [6, 6.07) is 0.254. The highest BCUT2D eigenvalue weighted by Gasteiger charge is 2.33. The molecule has 1 amide bonds. The van der Waals surface area contributed by atoms with Crippen molar-refractivity contribution in [3.8, 4) is 0 Å². The van der Waals surface area contributed by atoms with Gasteiger partial charge in [0.25, 0.3) is 0 Å². The number of carbonyl (C=O) groups excluding carboxylic acids is 1. The highest BCUT2D eigenvalue weighted by molar-refractivity contribution is 7.80. The van der Waals surface area contributed by atoms with Crippen LogP contribution in [0.25, 0.3) is 0 Å². The van der Waals surface area contributed by atoms with Crippen LogP contribution in [0, 0.1) is 5.41 Å². The standard InChI is InChI=1S/C13H25N3OS/c1-4-10(2)15-11(17)9-16-7-5-13(3,6-8-16)12(14)18/h10H,4-9H2,1-3H3,(H2,14,18)(H,15,17). The first-order valence-corrected chi connectivity index (χ1v) is 7.10. The molecule has 1 heterocycles. The fourth-order valence-corrected chi connectivity index (χ4v) is 2.28. The average molecular weight is 271 g/mol. The lowest BCUT2D eigenvalue weighted by molar-refractivity contribution is -0.123. The monoisotopic (exact) mass is 271 g/mol. The Kier molecular flexibility index (Phi) is 5.53. The Morgan fingerprint density at radius 3 is 2.50 bits per heavy atom. The summed E-state index contributed by atoms with van der Waals surface area (Å²) < 4.78 is 0. The van der Waals surface area contributed by atoms with Crippen LogP contribution in [0.3, 0.4) is 0 Å². The normalized spacial score (nSPS) is 21.3. The topological polar surface area (TPSA) is 58.4 Å². The van der Waals surface area contributed by atoms with Crippen molar-refractivity contribution < 1.29 is 4.79 Å². The molecule has 3 N–H and O–H groups in total. The zero-order chi connectivity index (χ0) is 13.8. The lowest BCUT2D eigenvalue weighted by atomic mass is 9.80. The van der Waals surface area contributed by atoms with Gasteiger partial charge >= 0.3 is 0 Å². The number of amides is 1. The molecule has 104 valence electrons. The number of nitrogens with one attached hydrogen (secondary N) is 1. The molecule has 0 aromatic heterocycles. The molecule has 1 atom stereocenters. The van der Waals surface area contributed by atoms with Crippen LogP contribution >= 0.6 is 12.2 Å². The number of nitrogens with zero attached hydrogens (tertiary/aromatic N) is 1. The third-order valence-electron chi connectivity index (χ3n) is 3.94. The van der Waals surface area contributed by atoms with Crippen LogP contribution in [-0.4, -0.2) is 41.5 Å². The molecule has 1 saturated heterocycles. The van der Waals surface area contributed by atoms with Crippen molar-refractivity contribution >= 4 is 23.1 Å². The van der Waals surface area contributed by atoms with Gasteiger partial charge in [-0.15, -0.1) is 0 Å². The number of likely N-dealkylation sites (tertiary alicyclic amines) is 1. The Bertz CT molecular complexity index is 311. The lowest BCUT2D eigenvalue weighted by Gasteiger charge is -2.38. The van der Waals surface area contributed by atoms with Gasteiger partial charge in [0.2, 0.25) is 5.91 Å². The maximum Gasteiger partial charge on any atom is 0.234 e. The number of thiocarbonyl (C=S) groups is 1. The van der Waals surface area contributed by atoms with Crippen LogP contribution < -0.4 is 11.1 Å². The molecule has 0 saturated carbocycles. The maximum absolute atomic E-state index is 11.8. The number of piperidine rings is 1. The van der Waals surface area contributed by atoms with Gasteiger partial charge in [-0.05, 0) is 39.3 Å². The summed E-state index contributed by atoms with van der Waals surface area (Å²) in [5.41, 5.74) is 5.74. The molecule has 0 aromatic carbocycles. The van der Waals surface area contributed by atoms with E-state index in [9.17, 15) is 4.79 Å². The molecule has 1 rings (SSSR count). The van der Waals surface area contributed by atoms with E-state index in [1.165, 1.54) is 0 Å². The fraction of sp³-hybridized carbons (Fsp3) is 0.846. The van der Waals surface area contributed by atoms with Crippen LogP contribution in [0.4, 0.5) is 0 Å². The Labute approximate surface area is 115 Å². The van der Waals surface area contributed by atoms with Gasteiger partial charge in [0.05, 0.1) is 11.5 Å². The summed E-state index contributed by atoms with van der Waals surface area (Å²) in [6.07, 6.45) is 2.85. The third kappa shape index (κ3) is 4.21. The first-order valence-electron chi connectivity index (χ1n) is 6.69. The minimum Gasteiger partial charge on any atom is -0.393 e. The van der Waals surface area contributed by atoms with E-state index in [2.05, 4.69) is 24.1 Å². The summed E-state index contributed by atoms with van der Waals surface area (Å²) in [6.45, 7) is 8.48. The quantitative estimate of drug-likeness (QED) is 0.740. The van der Waals surface area contributed by atoms with Crippen LogP contribution in [0.15, 0.2) is 0 Å². The van der Waals surface area contributed by atoms with Gasteiger partial charge in [-0.25, -0.2) is 0 Å². The highest BCUT2D eigenvalue weighted by atomic mass is 32.1. The second-order valence-electron chi connectivity index (χ2n) is 5.58. The zero-order valence-corrected chi connectivity index (χ0v) is 12.5. The van der Waals surface area contributed by atoms with E-state index >= 15 is 0 Å². The molecule has 0 spiro atoms. The molecule has 4 nitrogen and oxygen atoms in total. The number of carbonyl (C=O) groups is 1. The van der Waals surface area contributed by atoms with Gasteiger partial charge in [0.15, 0.2) is 0 Å². The van der Waals surface area contributed by atoms with Crippen molar-refractivity contribution in [1.82, 2.24) is 10.2 Å². The second kappa shape index (κ2) is 6.48. The molecular weight excluding hydrogens is 246 g/mol. The fourth-order valence-electron chi connectivity index (χ4n) is 2.08. The summed E-state index contributed by atoms with van der Waals surface area (Å²) in [5, 5.41) is 2.99. The van der Waals surface area contributed by atoms with E-state index in [-0.39, 0.29) is 17.4 Å². The highest BCUT2D eigenvalue weighted by Crippen LogP contribution is 2.30. The van der Waals surface area contributed by atoms with Gasteiger partial charge in [-0.3, -0.25) is 9.69 Å². The van der Waals surface area contributed by atoms with E-state index in [0.29, 0.717) is 11.5 Å². The van der Waals surface area contributed by atoms with Gasteiger partial charge in [0, 0.05) is 11.5 Å². The largest absolute Gasteiger partial charge is 0.393 e. The smallest absolute Gasteiger partial charge is 0.234 e. The zero-order valence-electron chi connectivity index (χ0n) is 11.7. The average Bonchev–Trinajstić information content (AvgIpc) is 2.32. The van der Waals surface area contributed by atoms with E-state index < -0.39 is 0 Å². The predicted molar refractivity (Wildman–Crippen MR) is 78.5 cm³/mol. The molecule has 0 radical (unpaired) electrons. The van der Waals surface area contributed by atoms with Gasteiger partial charge in [-0.2, -0.15) is 0 Å². The van der Waals surface area contributed by atoms with Crippen molar-refractivity contribution in [2.45, 2.75) is 46.1 Å². The Morgan fingerprint density at radius 1 is 1.50 bits per heavy atom. The summed E-state index contributed by atoms with van der Waals surface area (Å²) in [7, 11) is 0. The third-order valence-corrected chi connectivity index (χ3v) is 4.43. The van der Waals surface area contributed by atoms with Crippen LogP contribution in [-0.2, 0) is 4.79 Å². The Hall–Kier alpha value is -0.680. The Morgan fingerprint density at radius 2 is 2.06 bits per heavy atom. The molecule has 18 heavy (non-hydrogen) atoms. The number of nitrogens with two attached hydrogens (primary N) is 1. The van der Waals surface area contributed by atoms with E-state index in [4.69, 9.17) is 18.0 Å². The minimum atomic E-state index is -0.0288. The predicted octanol–water partition coefficient (Wildman–Crippen LogP) is 1.29. The molecule has 0 aromatic rings. The van der Waals surface area contributed by atoms with Gasteiger partial charge in [-0.1, -0.05) is 26.1 Å². The van der Waals surface area contributed by atoms with Crippen molar-refractivity contribution in [3.63, 3.8) is 0 Å². The summed E-state index contributed by atoms with van der Waals surface area (Å²) in [4.78, 5) is 14.6. The van der Waals surface area contributed by atoms with Gasteiger partial charge in [0.1, 0.15) is 0 Å². The first kappa shape index (κ1) is 15.4. The van der Waals surface area contributed by atoms with Crippen molar-refractivity contribution in [2.75, 3.05) is 19.6 Å². The van der Waals surface area contributed by atoms with Crippen LogP contribution in [0.5, 0.6) is 0 Å². The van der Waals surface area contributed by atoms with Crippen LogP contribution in [0.2, 0.25) is 0 Å². The van der Waals surface area contributed by atoms with E-state index in [1.807, 2.05) is 6.92 Å². The van der Waals surface area contributed by atoms with Gasteiger partial charge < -0.3 is 11.1 Å². The molecule has 5 heteroatoms. The van der Waals surface area contributed by atoms with Crippen molar-refractivity contribution in [2.24, 2.45) is 11.1 Å². The molecule has 1 aliphatic heterocycles. The van der Waals surface area contributed by atoms with E-state index in [1.54, 1.807) is 0 Å². The molecular formula is C13H25N3OS. The molecule has 0 aliphatic carbocycles.